The van der Waals surface area contributed by atoms with Gasteiger partial charge in [0.05, 0.1) is 18.8 Å². The number of nitrogens with one attached hydrogen (secondary N) is 1. The number of carbonyl (C=O) groups excluding carboxylic acids is 1. The summed E-state index contributed by atoms with van der Waals surface area (Å²) in [4.78, 5) is 11.8. The first kappa shape index (κ1) is 18.2. The number of carbonyl (C=O) groups is 1. The van der Waals surface area contributed by atoms with Crippen molar-refractivity contribution in [2.24, 2.45) is 5.92 Å². The van der Waals surface area contributed by atoms with E-state index < -0.39 is 24.5 Å². The lowest BCUT2D eigenvalue weighted by Gasteiger charge is -2.48. The molecule has 6 heteroatoms. The van der Waals surface area contributed by atoms with E-state index >= 15 is 0 Å². The molecule has 25 heavy (non-hydrogen) atoms. The number of benzene rings is 1. The molecule has 1 aliphatic carbocycles. The zero-order valence-corrected chi connectivity index (χ0v) is 14.8. The van der Waals surface area contributed by atoms with Gasteiger partial charge in [-0.2, -0.15) is 0 Å². The lowest BCUT2D eigenvalue weighted by Crippen LogP contribution is -2.62. The fraction of sp³-hybridized carbons (Fsp3) is 0.632. The Hall–Kier alpha value is -1.63. The van der Waals surface area contributed by atoms with Crippen LogP contribution in [0.25, 0.3) is 0 Å². The Morgan fingerprint density at radius 3 is 2.76 bits per heavy atom. The van der Waals surface area contributed by atoms with Crippen LogP contribution in [0.15, 0.2) is 30.3 Å². The van der Waals surface area contributed by atoms with Crippen molar-refractivity contribution in [1.29, 1.82) is 0 Å². The normalized spacial score (nSPS) is 34.8. The number of aliphatic hydroxyl groups excluding tert-OH is 1. The van der Waals surface area contributed by atoms with E-state index in [1.165, 1.54) is 12.7 Å². The molecule has 1 heterocycles. The van der Waals surface area contributed by atoms with Gasteiger partial charge in [0.25, 0.3) is 0 Å². The second-order valence-corrected chi connectivity index (χ2v) is 6.74. The number of hydrogen-bond donors (Lipinski definition) is 2. The van der Waals surface area contributed by atoms with Crippen molar-refractivity contribution < 1.29 is 24.1 Å². The number of hydrogen-bond acceptors (Lipinski definition) is 5. The first-order valence-corrected chi connectivity index (χ1v) is 8.98. The van der Waals surface area contributed by atoms with Gasteiger partial charge in [-0.05, 0) is 37.7 Å². The van der Waals surface area contributed by atoms with Crippen LogP contribution in [0.5, 0.6) is 0 Å². The molecule has 6 atom stereocenters. The molecule has 1 aliphatic heterocycles. The maximum absolute atomic E-state index is 11.8. The highest BCUT2D eigenvalue weighted by Gasteiger charge is 2.48. The minimum absolute atomic E-state index is 0.0442. The van der Waals surface area contributed by atoms with E-state index in [-0.39, 0.29) is 18.6 Å². The monoisotopic (exact) mass is 349 g/mol. The van der Waals surface area contributed by atoms with Gasteiger partial charge in [0.2, 0.25) is 0 Å². The highest BCUT2D eigenvalue weighted by molar-refractivity contribution is 5.67. The lowest BCUT2D eigenvalue weighted by atomic mass is 9.71. The molecule has 0 unspecified atom stereocenters. The van der Waals surface area contributed by atoms with Gasteiger partial charge in [-0.15, -0.1) is 0 Å². The Morgan fingerprint density at radius 2 is 2.08 bits per heavy atom. The third-order valence-corrected chi connectivity index (χ3v) is 5.31. The Balaban J connectivity index is 1.72. The van der Waals surface area contributed by atoms with Gasteiger partial charge < -0.3 is 24.6 Å². The van der Waals surface area contributed by atoms with E-state index in [4.69, 9.17) is 14.2 Å². The molecule has 1 saturated heterocycles. The molecule has 1 amide bonds. The maximum Gasteiger partial charge on any atom is 0.407 e. The summed E-state index contributed by atoms with van der Waals surface area (Å²) in [5, 5.41) is 13.6. The van der Waals surface area contributed by atoms with E-state index in [1.54, 1.807) is 6.92 Å². The Labute approximate surface area is 148 Å². The molecule has 1 saturated carbocycles. The highest BCUT2D eigenvalue weighted by Crippen LogP contribution is 2.43. The van der Waals surface area contributed by atoms with Crippen LogP contribution in [0.2, 0.25) is 0 Å². The van der Waals surface area contributed by atoms with Crippen molar-refractivity contribution in [3.63, 3.8) is 0 Å². The summed E-state index contributed by atoms with van der Waals surface area (Å²) in [5.41, 5.74) is 1.29. The summed E-state index contributed by atoms with van der Waals surface area (Å²) in [6, 6.07) is 9.72. The summed E-state index contributed by atoms with van der Waals surface area (Å²) >= 11 is 0. The largest absolute Gasteiger partial charge is 0.450 e. The molecule has 138 valence electrons. The van der Waals surface area contributed by atoms with Gasteiger partial charge in [0.1, 0.15) is 6.04 Å². The van der Waals surface area contributed by atoms with Gasteiger partial charge in [-0.3, -0.25) is 0 Å². The standard InChI is InChI=1S/C19H27NO5/c1-3-24-19(22)20-16-17(21)14-11-13(12-7-5-4-6-8-12)9-10-15(14)25-18(16)23-2/h4-8,13-18,21H,3,9-11H2,1-2H3,(H,20,22)/t13-,14-,15+,16+,17+,18+/m1/s1. The Bertz CT molecular complexity index is 566. The average molecular weight is 349 g/mol. The summed E-state index contributed by atoms with van der Waals surface area (Å²) in [6.07, 6.45) is 0.685. The number of amides is 1. The van der Waals surface area contributed by atoms with Crippen LogP contribution in [0.3, 0.4) is 0 Å². The van der Waals surface area contributed by atoms with Crippen molar-refractivity contribution in [2.45, 2.75) is 56.6 Å². The van der Waals surface area contributed by atoms with Crippen LogP contribution in [0, 0.1) is 5.92 Å². The van der Waals surface area contributed by atoms with Crippen LogP contribution in [0.4, 0.5) is 4.79 Å². The Kier molecular flexibility index (Phi) is 5.93. The van der Waals surface area contributed by atoms with E-state index in [9.17, 15) is 9.90 Å². The topological polar surface area (TPSA) is 77.0 Å². The highest BCUT2D eigenvalue weighted by atomic mass is 16.7. The molecule has 2 fully saturated rings. The lowest BCUT2D eigenvalue weighted by molar-refractivity contribution is -0.249. The predicted molar refractivity (Wildman–Crippen MR) is 92.1 cm³/mol. The molecular formula is C19H27NO5. The number of methoxy groups -OCH3 is 1. The number of ether oxygens (including phenoxy) is 3. The van der Waals surface area contributed by atoms with Crippen molar-refractivity contribution in [3.8, 4) is 0 Å². The first-order chi connectivity index (χ1) is 12.1. The number of alkyl carbamates (subject to hydrolysis) is 1. The molecule has 6 nitrogen and oxygen atoms in total. The smallest absolute Gasteiger partial charge is 0.407 e. The van der Waals surface area contributed by atoms with Crippen molar-refractivity contribution in [2.75, 3.05) is 13.7 Å². The van der Waals surface area contributed by atoms with Gasteiger partial charge in [0, 0.05) is 13.0 Å². The number of rotatable bonds is 4. The number of aliphatic hydroxyl groups is 1. The fourth-order valence-corrected chi connectivity index (χ4v) is 4.08. The molecule has 0 radical (unpaired) electrons. The fourth-order valence-electron chi connectivity index (χ4n) is 4.08. The minimum Gasteiger partial charge on any atom is -0.450 e. The molecule has 2 N–H and O–H groups in total. The van der Waals surface area contributed by atoms with Gasteiger partial charge in [0.15, 0.2) is 6.29 Å². The quantitative estimate of drug-likeness (QED) is 0.873. The molecular weight excluding hydrogens is 322 g/mol. The van der Waals surface area contributed by atoms with E-state index in [1.807, 2.05) is 18.2 Å². The molecule has 0 bridgehead atoms. The van der Waals surface area contributed by atoms with E-state index in [2.05, 4.69) is 17.4 Å². The third-order valence-electron chi connectivity index (χ3n) is 5.31. The maximum atomic E-state index is 11.8. The first-order valence-electron chi connectivity index (χ1n) is 8.98. The second-order valence-electron chi connectivity index (χ2n) is 6.74. The van der Waals surface area contributed by atoms with Crippen molar-refractivity contribution in [3.05, 3.63) is 35.9 Å². The van der Waals surface area contributed by atoms with Crippen LogP contribution >= 0.6 is 0 Å². The molecule has 3 rings (SSSR count). The second kappa shape index (κ2) is 8.17. The molecule has 0 spiro atoms. The molecule has 1 aromatic rings. The average Bonchev–Trinajstić information content (AvgIpc) is 2.64. The van der Waals surface area contributed by atoms with Crippen molar-refractivity contribution in [1.82, 2.24) is 5.32 Å². The molecule has 2 aliphatic rings. The summed E-state index contributed by atoms with van der Waals surface area (Å²) < 4.78 is 16.3. The van der Waals surface area contributed by atoms with Gasteiger partial charge in [-0.25, -0.2) is 4.79 Å². The summed E-state index contributed by atoms with van der Waals surface area (Å²) in [5.74, 6) is 0.348. The molecule has 1 aromatic carbocycles. The van der Waals surface area contributed by atoms with Gasteiger partial charge in [-0.1, -0.05) is 30.3 Å². The summed E-state index contributed by atoms with van der Waals surface area (Å²) in [7, 11) is 1.52. The molecule has 0 aromatic heterocycles. The van der Waals surface area contributed by atoms with Crippen LogP contribution in [-0.4, -0.2) is 49.5 Å². The zero-order valence-electron chi connectivity index (χ0n) is 14.8. The number of fused-ring (bicyclic) bond motifs is 1. The van der Waals surface area contributed by atoms with E-state index in [0.29, 0.717) is 5.92 Å². The minimum atomic E-state index is -0.736. The summed E-state index contributed by atoms with van der Waals surface area (Å²) in [6.45, 7) is 2.01. The van der Waals surface area contributed by atoms with E-state index in [0.717, 1.165) is 19.3 Å². The zero-order chi connectivity index (χ0) is 17.8. The van der Waals surface area contributed by atoms with Crippen LogP contribution in [-0.2, 0) is 14.2 Å². The van der Waals surface area contributed by atoms with Crippen LogP contribution < -0.4 is 5.32 Å². The van der Waals surface area contributed by atoms with Crippen LogP contribution in [0.1, 0.15) is 37.7 Å². The van der Waals surface area contributed by atoms with Gasteiger partial charge >= 0.3 is 6.09 Å². The Morgan fingerprint density at radius 1 is 1.32 bits per heavy atom. The predicted octanol–water partition coefficient (Wildman–Crippen LogP) is 2.42. The third kappa shape index (κ3) is 3.97. The SMILES string of the molecule is CCOC(=O)N[C@@H]1[C@@H](OC)O[C@H]2CC[C@@H](c3ccccc3)C[C@H]2[C@@H]1O. The van der Waals surface area contributed by atoms with Crippen molar-refractivity contribution >= 4 is 6.09 Å².